The van der Waals surface area contributed by atoms with Gasteiger partial charge in [0.05, 0.1) is 0 Å². The first-order valence-electron chi connectivity index (χ1n) is 6.21. The molecule has 0 aliphatic rings. The fraction of sp³-hybridized carbons (Fsp3) is 0.250. The van der Waals surface area contributed by atoms with E-state index in [-0.39, 0.29) is 0 Å². The number of hydrogen-bond donors (Lipinski definition) is 0. The van der Waals surface area contributed by atoms with Gasteiger partial charge in [0.25, 0.3) is 0 Å². The van der Waals surface area contributed by atoms with Crippen LogP contribution in [0.25, 0.3) is 0 Å². The Bertz CT molecular complexity index is 462. The molecule has 0 aliphatic carbocycles. The van der Waals surface area contributed by atoms with E-state index in [1.165, 1.54) is 16.9 Å². The highest BCUT2D eigenvalue weighted by Gasteiger charge is 2.09. The van der Waals surface area contributed by atoms with Crippen molar-refractivity contribution in [3.05, 3.63) is 60.2 Å². The maximum absolute atomic E-state index is 2.38. The Morgan fingerprint density at radius 3 is 2.18 bits per heavy atom. The van der Waals surface area contributed by atoms with Crippen LogP contribution in [-0.4, -0.2) is 6.54 Å². The Balaban J connectivity index is 2.39. The highest BCUT2D eigenvalue weighted by molar-refractivity contribution is 5.66. The first-order valence-corrected chi connectivity index (χ1v) is 6.21. The smallest absolute Gasteiger partial charge is 0.0440 e. The molecule has 0 spiro atoms. The zero-order valence-corrected chi connectivity index (χ0v) is 10.6. The average Bonchev–Trinajstić information content (AvgIpc) is 2.38. The summed E-state index contributed by atoms with van der Waals surface area (Å²) in [4.78, 5) is 2.38. The summed E-state index contributed by atoms with van der Waals surface area (Å²) in [5.74, 6) is 0. The van der Waals surface area contributed by atoms with Crippen LogP contribution < -0.4 is 4.90 Å². The molecule has 0 fully saturated rings. The van der Waals surface area contributed by atoms with Crippen LogP contribution in [0.15, 0.2) is 54.6 Å². The van der Waals surface area contributed by atoms with Gasteiger partial charge in [0.15, 0.2) is 0 Å². The van der Waals surface area contributed by atoms with Crippen LogP contribution in [0.3, 0.4) is 0 Å². The molecule has 88 valence electrons. The van der Waals surface area contributed by atoms with E-state index in [0.29, 0.717) is 0 Å². The fourth-order valence-corrected chi connectivity index (χ4v) is 2.09. The molecular weight excluding hydrogens is 206 g/mol. The topological polar surface area (TPSA) is 3.24 Å². The molecule has 17 heavy (non-hydrogen) atoms. The Hall–Kier alpha value is -1.76. The minimum absolute atomic E-state index is 1.05. The molecule has 1 nitrogen and oxygen atoms in total. The Morgan fingerprint density at radius 2 is 1.53 bits per heavy atom. The highest BCUT2D eigenvalue weighted by atomic mass is 15.1. The zero-order valence-electron chi connectivity index (χ0n) is 10.6. The summed E-state index contributed by atoms with van der Waals surface area (Å²) in [5, 5.41) is 0. The van der Waals surface area contributed by atoms with Crippen molar-refractivity contribution in [1.29, 1.82) is 0 Å². The maximum Gasteiger partial charge on any atom is 0.0440 e. The van der Waals surface area contributed by atoms with Gasteiger partial charge >= 0.3 is 0 Å². The number of rotatable bonds is 4. The van der Waals surface area contributed by atoms with Crippen molar-refractivity contribution in [2.75, 3.05) is 11.4 Å². The van der Waals surface area contributed by atoms with Crippen molar-refractivity contribution in [2.24, 2.45) is 0 Å². The first kappa shape index (κ1) is 11.7. The van der Waals surface area contributed by atoms with E-state index < -0.39 is 0 Å². The van der Waals surface area contributed by atoms with Crippen LogP contribution in [0.1, 0.15) is 18.9 Å². The van der Waals surface area contributed by atoms with E-state index in [0.717, 1.165) is 13.0 Å². The average molecular weight is 225 g/mol. The van der Waals surface area contributed by atoms with E-state index in [4.69, 9.17) is 0 Å². The van der Waals surface area contributed by atoms with Crippen LogP contribution in [0.5, 0.6) is 0 Å². The van der Waals surface area contributed by atoms with E-state index in [1.54, 1.807) is 0 Å². The quantitative estimate of drug-likeness (QED) is 0.738. The lowest BCUT2D eigenvalue weighted by Crippen LogP contribution is -2.18. The second-order valence-corrected chi connectivity index (χ2v) is 4.27. The molecule has 0 radical (unpaired) electrons. The van der Waals surface area contributed by atoms with E-state index in [2.05, 4.69) is 73.3 Å². The lowest BCUT2D eigenvalue weighted by atomic mass is 10.1. The Kier molecular flexibility index (Phi) is 3.81. The van der Waals surface area contributed by atoms with Crippen LogP contribution in [-0.2, 0) is 0 Å². The molecule has 2 rings (SSSR count). The van der Waals surface area contributed by atoms with Crippen molar-refractivity contribution in [3.63, 3.8) is 0 Å². The molecule has 0 heterocycles. The lowest BCUT2D eigenvalue weighted by Gasteiger charge is -2.26. The highest BCUT2D eigenvalue weighted by Crippen LogP contribution is 2.27. The van der Waals surface area contributed by atoms with Gasteiger partial charge in [-0.3, -0.25) is 0 Å². The van der Waals surface area contributed by atoms with Crippen molar-refractivity contribution >= 4 is 11.4 Å². The summed E-state index contributed by atoms with van der Waals surface area (Å²) < 4.78 is 0. The molecular formula is C16H19N. The van der Waals surface area contributed by atoms with Gasteiger partial charge in [-0.15, -0.1) is 0 Å². The molecule has 0 amide bonds. The standard InChI is InChI=1S/C16H19N/c1-3-13-17(15-10-5-4-6-11-15)16-12-8-7-9-14(16)2/h4-12H,3,13H2,1-2H3. The van der Waals surface area contributed by atoms with Crippen molar-refractivity contribution < 1.29 is 0 Å². The number of anilines is 2. The molecule has 0 bridgehead atoms. The molecule has 0 aromatic heterocycles. The van der Waals surface area contributed by atoms with Gasteiger partial charge in [-0.1, -0.05) is 43.3 Å². The molecule has 2 aromatic carbocycles. The van der Waals surface area contributed by atoms with Crippen molar-refractivity contribution in [2.45, 2.75) is 20.3 Å². The number of nitrogens with zero attached hydrogens (tertiary/aromatic N) is 1. The predicted molar refractivity (Wildman–Crippen MR) is 74.9 cm³/mol. The molecule has 2 aromatic rings. The van der Waals surface area contributed by atoms with Crippen molar-refractivity contribution in [1.82, 2.24) is 0 Å². The van der Waals surface area contributed by atoms with Crippen LogP contribution >= 0.6 is 0 Å². The number of aryl methyl sites for hydroxylation is 1. The molecule has 0 N–H and O–H groups in total. The Morgan fingerprint density at radius 1 is 0.882 bits per heavy atom. The summed E-state index contributed by atoms with van der Waals surface area (Å²) in [5.41, 5.74) is 3.90. The lowest BCUT2D eigenvalue weighted by molar-refractivity contribution is 0.882. The molecule has 0 saturated heterocycles. The number of hydrogen-bond acceptors (Lipinski definition) is 1. The van der Waals surface area contributed by atoms with Gasteiger partial charge in [-0.2, -0.15) is 0 Å². The first-order chi connectivity index (χ1) is 8.33. The zero-order chi connectivity index (χ0) is 12.1. The normalized spacial score (nSPS) is 10.2. The number of benzene rings is 2. The third kappa shape index (κ3) is 2.68. The molecule has 1 heteroatoms. The summed E-state index contributed by atoms with van der Waals surface area (Å²) >= 11 is 0. The fourth-order valence-electron chi connectivity index (χ4n) is 2.09. The largest absolute Gasteiger partial charge is 0.341 e. The summed E-state index contributed by atoms with van der Waals surface area (Å²) in [7, 11) is 0. The second kappa shape index (κ2) is 5.53. The van der Waals surface area contributed by atoms with Crippen molar-refractivity contribution in [3.8, 4) is 0 Å². The van der Waals surface area contributed by atoms with Gasteiger partial charge in [-0.25, -0.2) is 0 Å². The SMILES string of the molecule is CCCN(c1ccccc1)c1ccccc1C. The Labute approximate surface area is 104 Å². The second-order valence-electron chi connectivity index (χ2n) is 4.27. The molecule has 0 atom stereocenters. The monoisotopic (exact) mass is 225 g/mol. The summed E-state index contributed by atoms with van der Waals surface area (Å²) in [6.45, 7) is 5.43. The molecule has 0 unspecified atom stereocenters. The van der Waals surface area contributed by atoms with Crippen LogP contribution in [0.2, 0.25) is 0 Å². The molecule has 0 saturated carbocycles. The maximum atomic E-state index is 2.38. The van der Waals surface area contributed by atoms with Gasteiger partial charge < -0.3 is 4.90 Å². The van der Waals surface area contributed by atoms with Gasteiger partial charge in [-0.05, 0) is 37.1 Å². The van der Waals surface area contributed by atoms with E-state index in [1.807, 2.05) is 0 Å². The minimum atomic E-state index is 1.05. The number of para-hydroxylation sites is 2. The minimum Gasteiger partial charge on any atom is -0.341 e. The van der Waals surface area contributed by atoms with E-state index >= 15 is 0 Å². The summed E-state index contributed by atoms with van der Waals surface area (Å²) in [6.07, 6.45) is 1.14. The van der Waals surface area contributed by atoms with Gasteiger partial charge in [0.2, 0.25) is 0 Å². The molecule has 0 aliphatic heterocycles. The van der Waals surface area contributed by atoms with Gasteiger partial charge in [0.1, 0.15) is 0 Å². The predicted octanol–water partition coefficient (Wildman–Crippen LogP) is 4.54. The summed E-state index contributed by atoms with van der Waals surface area (Å²) in [6, 6.07) is 19.1. The van der Waals surface area contributed by atoms with Gasteiger partial charge in [0, 0.05) is 17.9 Å². The van der Waals surface area contributed by atoms with Crippen LogP contribution in [0.4, 0.5) is 11.4 Å². The van der Waals surface area contributed by atoms with E-state index in [9.17, 15) is 0 Å². The third-order valence-corrected chi connectivity index (χ3v) is 2.92. The van der Waals surface area contributed by atoms with Crippen LogP contribution in [0, 0.1) is 6.92 Å². The third-order valence-electron chi connectivity index (χ3n) is 2.92.